The van der Waals surface area contributed by atoms with E-state index in [-0.39, 0.29) is 17.2 Å². The molecule has 5 N–H and O–H groups in total. The molecule has 1 unspecified atom stereocenters. The van der Waals surface area contributed by atoms with Crippen LogP contribution in [-0.2, 0) is 11.3 Å². The number of rotatable bonds is 4. The summed E-state index contributed by atoms with van der Waals surface area (Å²) in [5.41, 5.74) is 7.02. The maximum atomic E-state index is 12.3. The highest BCUT2D eigenvalue weighted by Gasteiger charge is 2.57. The molecule has 1 aromatic carbocycles. The summed E-state index contributed by atoms with van der Waals surface area (Å²) in [4.78, 5) is 23.0. The average molecular weight is 302 g/mol. The monoisotopic (exact) mass is 302 g/mol. The van der Waals surface area contributed by atoms with Crippen molar-refractivity contribution in [2.75, 3.05) is 18.4 Å². The Morgan fingerprint density at radius 2 is 1.91 bits per heavy atom. The number of piperidine rings is 1. The maximum Gasteiger partial charge on any atom is 0.312 e. The quantitative estimate of drug-likeness (QED) is 0.672. The number of benzene rings is 1. The standard InChI is InChI=1S/C16H22N4O2/c17-15(22)19-10-11-1-3-12(4-2-11)20-14(21)13-9-16(13)5-7-18-8-6-16/h1-4,13,18H,5-10H2,(H,20,21)(H3,17,19,22). The molecule has 0 radical (unpaired) electrons. The molecule has 3 amide bonds. The summed E-state index contributed by atoms with van der Waals surface area (Å²) < 4.78 is 0. The fourth-order valence-electron chi connectivity index (χ4n) is 3.32. The van der Waals surface area contributed by atoms with Crippen molar-refractivity contribution in [3.63, 3.8) is 0 Å². The zero-order valence-electron chi connectivity index (χ0n) is 12.5. The number of carbonyl (C=O) groups excluding carboxylic acids is 2. The van der Waals surface area contributed by atoms with E-state index in [1.54, 1.807) is 0 Å². The number of hydrogen-bond acceptors (Lipinski definition) is 3. The van der Waals surface area contributed by atoms with Crippen molar-refractivity contribution in [1.29, 1.82) is 0 Å². The lowest BCUT2D eigenvalue weighted by Gasteiger charge is -2.23. The van der Waals surface area contributed by atoms with Gasteiger partial charge in [-0.25, -0.2) is 4.79 Å². The summed E-state index contributed by atoms with van der Waals surface area (Å²) in [6.07, 6.45) is 3.22. The third-order valence-corrected chi connectivity index (χ3v) is 4.79. The van der Waals surface area contributed by atoms with Gasteiger partial charge in [0.05, 0.1) is 0 Å². The van der Waals surface area contributed by atoms with Crippen LogP contribution < -0.4 is 21.7 Å². The van der Waals surface area contributed by atoms with Crippen LogP contribution in [0.2, 0.25) is 0 Å². The van der Waals surface area contributed by atoms with E-state index in [1.807, 2.05) is 24.3 Å². The van der Waals surface area contributed by atoms with E-state index in [9.17, 15) is 9.59 Å². The summed E-state index contributed by atoms with van der Waals surface area (Å²) in [5.74, 6) is 0.288. The number of urea groups is 1. The molecule has 6 nitrogen and oxygen atoms in total. The van der Waals surface area contributed by atoms with Crippen LogP contribution in [0.1, 0.15) is 24.8 Å². The minimum Gasteiger partial charge on any atom is -0.352 e. The van der Waals surface area contributed by atoms with Crippen molar-refractivity contribution in [2.24, 2.45) is 17.1 Å². The molecule has 0 aromatic heterocycles. The van der Waals surface area contributed by atoms with E-state index < -0.39 is 6.03 Å². The number of nitrogens with one attached hydrogen (secondary N) is 3. The lowest BCUT2D eigenvalue weighted by molar-refractivity contribution is -0.118. The predicted molar refractivity (Wildman–Crippen MR) is 84.1 cm³/mol. The summed E-state index contributed by atoms with van der Waals surface area (Å²) in [7, 11) is 0. The molecular weight excluding hydrogens is 280 g/mol. The van der Waals surface area contributed by atoms with Gasteiger partial charge in [0.1, 0.15) is 0 Å². The summed E-state index contributed by atoms with van der Waals surface area (Å²) in [5, 5.41) is 8.88. The third kappa shape index (κ3) is 3.22. The summed E-state index contributed by atoms with van der Waals surface area (Å²) >= 11 is 0. The minimum atomic E-state index is -0.543. The summed E-state index contributed by atoms with van der Waals surface area (Å²) in [6.45, 7) is 2.43. The van der Waals surface area contributed by atoms with Crippen LogP contribution in [0.25, 0.3) is 0 Å². The van der Waals surface area contributed by atoms with Gasteiger partial charge in [-0.3, -0.25) is 4.79 Å². The van der Waals surface area contributed by atoms with Crippen molar-refractivity contribution < 1.29 is 9.59 Å². The minimum absolute atomic E-state index is 0.130. The molecule has 6 heteroatoms. The van der Waals surface area contributed by atoms with E-state index in [2.05, 4.69) is 16.0 Å². The second kappa shape index (κ2) is 5.96. The van der Waals surface area contributed by atoms with E-state index in [0.29, 0.717) is 6.54 Å². The van der Waals surface area contributed by atoms with Crippen molar-refractivity contribution in [3.8, 4) is 0 Å². The SMILES string of the molecule is NC(=O)NCc1ccc(NC(=O)C2CC23CCNCC3)cc1. The number of hydrogen-bond donors (Lipinski definition) is 4. The molecule has 1 aliphatic carbocycles. The van der Waals surface area contributed by atoms with Crippen LogP contribution >= 0.6 is 0 Å². The highest BCUT2D eigenvalue weighted by atomic mass is 16.2. The molecule has 2 fully saturated rings. The largest absolute Gasteiger partial charge is 0.352 e. The average Bonchev–Trinajstić information content (AvgIpc) is 3.20. The van der Waals surface area contributed by atoms with Crippen LogP contribution in [0, 0.1) is 11.3 Å². The number of primary amides is 1. The topological polar surface area (TPSA) is 96.2 Å². The highest BCUT2D eigenvalue weighted by molar-refractivity contribution is 5.95. The number of nitrogens with two attached hydrogens (primary N) is 1. The van der Waals surface area contributed by atoms with Crippen molar-refractivity contribution in [1.82, 2.24) is 10.6 Å². The van der Waals surface area contributed by atoms with Gasteiger partial charge in [0.2, 0.25) is 5.91 Å². The molecule has 1 aromatic rings. The number of amides is 3. The molecule has 1 aliphatic heterocycles. The first-order chi connectivity index (χ1) is 10.6. The van der Waals surface area contributed by atoms with Crippen molar-refractivity contribution in [3.05, 3.63) is 29.8 Å². The molecule has 118 valence electrons. The van der Waals surface area contributed by atoms with Gasteiger partial charge in [-0.05, 0) is 55.5 Å². The van der Waals surface area contributed by atoms with Crippen LogP contribution in [0.4, 0.5) is 10.5 Å². The maximum absolute atomic E-state index is 12.3. The lowest BCUT2D eigenvalue weighted by atomic mass is 9.92. The Labute approximate surface area is 129 Å². The first-order valence-corrected chi connectivity index (χ1v) is 7.73. The van der Waals surface area contributed by atoms with Crippen LogP contribution in [0.3, 0.4) is 0 Å². The van der Waals surface area contributed by atoms with E-state index in [4.69, 9.17) is 5.73 Å². The zero-order chi connectivity index (χ0) is 15.6. The van der Waals surface area contributed by atoms with Gasteiger partial charge in [-0.15, -0.1) is 0 Å². The summed E-state index contributed by atoms with van der Waals surface area (Å²) in [6, 6.07) is 6.91. The van der Waals surface area contributed by atoms with Crippen molar-refractivity contribution in [2.45, 2.75) is 25.8 Å². The number of anilines is 1. The smallest absolute Gasteiger partial charge is 0.312 e. The second-order valence-corrected chi connectivity index (χ2v) is 6.27. The van der Waals surface area contributed by atoms with Gasteiger partial charge in [-0.2, -0.15) is 0 Å². The lowest BCUT2D eigenvalue weighted by Crippen LogP contribution is -2.31. The zero-order valence-corrected chi connectivity index (χ0v) is 12.5. The Kier molecular flexibility index (Phi) is 4.02. The Morgan fingerprint density at radius 1 is 1.23 bits per heavy atom. The molecule has 22 heavy (non-hydrogen) atoms. The fraction of sp³-hybridized carbons (Fsp3) is 0.500. The second-order valence-electron chi connectivity index (χ2n) is 6.27. The van der Waals surface area contributed by atoms with Crippen molar-refractivity contribution >= 4 is 17.6 Å². The molecule has 2 aliphatic rings. The van der Waals surface area contributed by atoms with Crippen LogP contribution in [0.15, 0.2) is 24.3 Å². The highest BCUT2D eigenvalue weighted by Crippen LogP contribution is 2.58. The van der Waals surface area contributed by atoms with Gasteiger partial charge >= 0.3 is 6.03 Å². The first kappa shape index (κ1) is 14.8. The molecule has 1 saturated carbocycles. The molecule has 1 saturated heterocycles. The van der Waals surface area contributed by atoms with Gasteiger partial charge < -0.3 is 21.7 Å². The molecular formula is C16H22N4O2. The fourth-order valence-corrected chi connectivity index (χ4v) is 3.32. The van der Waals surface area contributed by atoms with Crippen LogP contribution in [-0.4, -0.2) is 25.0 Å². The van der Waals surface area contributed by atoms with Gasteiger partial charge in [0, 0.05) is 18.2 Å². The Hall–Kier alpha value is -2.08. The van der Waals surface area contributed by atoms with E-state index >= 15 is 0 Å². The Balaban J connectivity index is 1.53. The Bertz CT molecular complexity index is 564. The van der Waals surface area contributed by atoms with Gasteiger partial charge in [0.25, 0.3) is 0 Å². The van der Waals surface area contributed by atoms with Gasteiger partial charge in [0.15, 0.2) is 0 Å². The normalized spacial score (nSPS) is 22.1. The molecule has 0 bridgehead atoms. The van der Waals surface area contributed by atoms with E-state index in [0.717, 1.165) is 43.6 Å². The molecule has 1 spiro atoms. The first-order valence-electron chi connectivity index (χ1n) is 7.73. The number of carbonyl (C=O) groups is 2. The Morgan fingerprint density at radius 3 is 2.55 bits per heavy atom. The van der Waals surface area contributed by atoms with Gasteiger partial charge in [-0.1, -0.05) is 12.1 Å². The molecule has 1 heterocycles. The van der Waals surface area contributed by atoms with E-state index in [1.165, 1.54) is 0 Å². The third-order valence-electron chi connectivity index (χ3n) is 4.79. The molecule has 1 atom stereocenters. The predicted octanol–water partition coefficient (Wildman–Crippen LogP) is 1.18. The van der Waals surface area contributed by atoms with Crippen LogP contribution in [0.5, 0.6) is 0 Å². The molecule has 3 rings (SSSR count).